The summed E-state index contributed by atoms with van der Waals surface area (Å²) in [7, 11) is 0. The average molecular weight is 340 g/mol. The lowest BCUT2D eigenvalue weighted by atomic mass is 10.1. The molecule has 1 atom stereocenters. The highest BCUT2D eigenvalue weighted by atomic mass is 32.2. The zero-order chi connectivity index (χ0) is 16.9. The van der Waals surface area contributed by atoms with E-state index in [1.807, 2.05) is 48.5 Å². The highest BCUT2D eigenvalue weighted by Gasteiger charge is 2.26. The van der Waals surface area contributed by atoms with Gasteiger partial charge in [-0.2, -0.15) is 0 Å². The first-order valence-electron chi connectivity index (χ1n) is 8.07. The minimum Gasteiger partial charge on any atom is -0.326 e. The summed E-state index contributed by atoms with van der Waals surface area (Å²) in [6, 6.07) is 15.5. The molecule has 0 saturated carbocycles. The predicted molar refractivity (Wildman–Crippen MR) is 98.4 cm³/mol. The molecule has 0 fully saturated rings. The maximum absolute atomic E-state index is 12.3. The molecule has 3 rings (SSSR count). The molecule has 1 heterocycles. The van der Waals surface area contributed by atoms with E-state index in [4.69, 9.17) is 0 Å². The molecule has 0 aliphatic carbocycles. The van der Waals surface area contributed by atoms with Crippen LogP contribution in [0.1, 0.15) is 18.9 Å². The third-order valence-corrected chi connectivity index (χ3v) is 5.27. The summed E-state index contributed by atoms with van der Waals surface area (Å²) in [6.07, 6.45) is 1.15. The Balaban J connectivity index is 1.61. The topological polar surface area (TPSA) is 58.2 Å². The summed E-state index contributed by atoms with van der Waals surface area (Å²) in [6.45, 7) is 2.09. The molecule has 2 amide bonds. The molecule has 2 aromatic carbocycles. The number of anilines is 2. The third-order valence-electron chi connectivity index (χ3n) is 4.03. The van der Waals surface area contributed by atoms with Crippen LogP contribution >= 0.6 is 11.8 Å². The zero-order valence-electron chi connectivity index (χ0n) is 13.5. The molecule has 0 radical (unpaired) electrons. The van der Waals surface area contributed by atoms with Gasteiger partial charge < -0.3 is 10.6 Å². The number of thioether (sulfide) groups is 1. The Bertz CT molecular complexity index is 743. The van der Waals surface area contributed by atoms with E-state index >= 15 is 0 Å². The summed E-state index contributed by atoms with van der Waals surface area (Å²) in [5.41, 5.74) is 2.82. The van der Waals surface area contributed by atoms with Gasteiger partial charge in [0, 0.05) is 22.8 Å². The maximum Gasteiger partial charge on any atom is 0.228 e. The number of hydrogen-bond donors (Lipinski definition) is 2. The van der Waals surface area contributed by atoms with Gasteiger partial charge in [0.05, 0.1) is 11.6 Å². The van der Waals surface area contributed by atoms with Crippen molar-refractivity contribution in [1.29, 1.82) is 0 Å². The molecule has 0 aromatic heterocycles. The lowest BCUT2D eigenvalue weighted by Gasteiger charge is -2.13. The number of nitrogens with one attached hydrogen (secondary N) is 2. The first-order chi connectivity index (χ1) is 11.7. The van der Waals surface area contributed by atoms with Gasteiger partial charge in [0.15, 0.2) is 0 Å². The Hall–Kier alpha value is -2.27. The Morgan fingerprint density at radius 1 is 1.21 bits per heavy atom. The number of rotatable bonds is 4. The Morgan fingerprint density at radius 3 is 2.71 bits per heavy atom. The van der Waals surface area contributed by atoms with Crippen molar-refractivity contribution in [1.82, 2.24) is 0 Å². The van der Waals surface area contributed by atoms with E-state index < -0.39 is 0 Å². The standard InChI is InChI=1S/C19H20N2O2S/c1-2-13-7-9-15(10-8-13)20-18(22)11-14-12-24-17-6-4-3-5-16(17)21-19(14)23/h3-10,14H,2,11-12H2,1H3,(H,20,22)(H,21,23). The highest BCUT2D eigenvalue weighted by molar-refractivity contribution is 7.99. The van der Waals surface area contributed by atoms with E-state index in [0.29, 0.717) is 5.75 Å². The van der Waals surface area contributed by atoms with Gasteiger partial charge in [-0.25, -0.2) is 0 Å². The second-order valence-electron chi connectivity index (χ2n) is 5.80. The van der Waals surface area contributed by atoms with Gasteiger partial charge in [0.25, 0.3) is 0 Å². The minimum absolute atomic E-state index is 0.0936. The van der Waals surface area contributed by atoms with Crippen LogP contribution in [0.25, 0.3) is 0 Å². The number of carbonyl (C=O) groups is 2. The number of fused-ring (bicyclic) bond motifs is 1. The van der Waals surface area contributed by atoms with Crippen molar-refractivity contribution in [3.63, 3.8) is 0 Å². The number of amides is 2. The van der Waals surface area contributed by atoms with Crippen LogP contribution in [0.5, 0.6) is 0 Å². The number of para-hydroxylation sites is 1. The van der Waals surface area contributed by atoms with Crippen molar-refractivity contribution in [2.75, 3.05) is 16.4 Å². The smallest absolute Gasteiger partial charge is 0.228 e. The Kier molecular flexibility index (Phi) is 5.20. The Labute approximate surface area is 146 Å². The summed E-state index contributed by atoms with van der Waals surface area (Å²) < 4.78 is 0. The summed E-state index contributed by atoms with van der Waals surface area (Å²) in [5, 5.41) is 5.79. The van der Waals surface area contributed by atoms with Gasteiger partial charge in [-0.3, -0.25) is 9.59 Å². The van der Waals surface area contributed by atoms with E-state index in [1.54, 1.807) is 11.8 Å². The van der Waals surface area contributed by atoms with Gasteiger partial charge in [0.1, 0.15) is 0 Å². The van der Waals surface area contributed by atoms with Crippen molar-refractivity contribution in [3.8, 4) is 0 Å². The molecule has 0 saturated heterocycles. The largest absolute Gasteiger partial charge is 0.326 e. The molecule has 124 valence electrons. The lowest BCUT2D eigenvalue weighted by Crippen LogP contribution is -2.27. The molecule has 1 aliphatic rings. The van der Waals surface area contributed by atoms with E-state index in [1.165, 1.54) is 5.56 Å². The predicted octanol–water partition coefficient (Wildman–Crippen LogP) is 3.94. The van der Waals surface area contributed by atoms with Crippen LogP contribution in [0.3, 0.4) is 0 Å². The molecule has 4 nitrogen and oxygen atoms in total. The number of carbonyl (C=O) groups excluding carboxylic acids is 2. The molecule has 2 N–H and O–H groups in total. The maximum atomic E-state index is 12.3. The first kappa shape index (κ1) is 16.6. The van der Waals surface area contributed by atoms with E-state index in [9.17, 15) is 9.59 Å². The minimum atomic E-state index is -0.336. The van der Waals surface area contributed by atoms with Crippen LogP contribution in [-0.4, -0.2) is 17.6 Å². The Morgan fingerprint density at radius 2 is 1.96 bits per heavy atom. The van der Waals surface area contributed by atoms with Crippen LogP contribution < -0.4 is 10.6 Å². The van der Waals surface area contributed by atoms with Crippen LogP contribution in [0.4, 0.5) is 11.4 Å². The lowest BCUT2D eigenvalue weighted by molar-refractivity contribution is -0.124. The van der Waals surface area contributed by atoms with E-state index in [-0.39, 0.29) is 24.2 Å². The van der Waals surface area contributed by atoms with Crippen molar-refractivity contribution in [2.24, 2.45) is 5.92 Å². The normalized spacial score (nSPS) is 16.7. The van der Waals surface area contributed by atoms with E-state index in [2.05, 4.69) is 17.6 Å². The first-order valence-corrected chi connectivity index (χ1v) is 9.05. The fourth-order valence-electron chi connectivity index (χ4n) is 2.61. The highest BCUT2D eigenvalue weighted by Crippen LogP contribution is 2.33. The second-order valence-corrected chi connectivity index (χ2v) is 6.86. The monoisotopic (exact) mass is 340 g/mol. The van der Waals surface area contributed by atoms with E-state index in [0.717, 1.165) is 22.7 Å². The van der Waals surface area contributed by atoms with Crippen LogP contribution in [0, 0.1) is 5.92 Å². The molecule has 5 heteroatoms. The molecular weight excluding hydrogens is 320 g/mol. The van der Waals surface area contributed by atoms with Gasteiger partial charge in [-0.15, -0.1) is 11.8 Å². The van der Waals surface area contributed by atoms with Crippen molar-refractivity contribution in [2.45, 2.75) is 24.7 Å². The van der Waals surface area contributed by atoms with Gasteiger partial charge >= 0.3 is 0 Å². The van der Waals surface area contributed by atoms with Gasteiger partial charge in [-0.1, -0.05) is 31.2 Å². The molecule has 0 spiro atoms. The number of benzene rings is 2. The van der Waals surface area contributed by atoms with Crippen molar-refractivity contribution < 1.29 is 9.59 Å². The number of aryl methyl sites for hydroxylation is 1. The molecular formula is C19H20N2O2S. The second kappa shape index (κ2) is 7.53. The average Bonchev–Trinajstić information content (AvgIpc) is 2.75. The van der Waals surface area contributed by atoms with Crippen LogP contribution in [-0.2, 0) is 16.0 Å². The summed E-state index contributed by atoms with van der Waals surface area (Å²) in [5.74, 6) is 0.0394. The van der Waals surface area contributed by atoms with Crippen molar-refractivity contribution in [3.05, 3.63) is 54.1 Å². The molecule has 2 aromatic rings. The van der Waals surface area contributed by atoms with Crippen LogP contribution in [0.15, 0.2) is 53.4 Å². The molecule has 1 aliphatic heterocycles. The fraction of sp³-hybridized carbons (Fsp3) is 0.263. The summed E-state index contributed by atoms with van der Waals surface area (Å²) in [4.78, 5) is 25.7. The third kappa shape index (κ3) is 3.97. The quantitative estimate of drug-likeness (QED) is 0.886. The van der Waals surface area contributed by atoms with Gasteiger partial charge in [-0.05, 0) is 36.2 Å². The fourth-order valence-corrected chi connectivity index (χ4v) is 3.71. The number of hydrogen-bond acceptors (Lipinski definition) is 3. The molecule has 1 unspecified atom stereocenters. The molecule has 0 bridgehead atoms. The van der Waals surface area contributed by atoms with Crippen LogP contribution in [0.2, 0.25) is 0 Å². The molecule has 24 heavy (non-hydrogen) atoms. The van der Waals surface area contributed by atoms with Gasteiger partial charge in [0.2, 0.25) is 11.8 Å². The summed E-state index contributed by atoms with van der Waals surface area (Å²) >= 11 is 1.61. The van der Waals surface area contributed by atoms with Crippen molar-refractivity contribution >= 4 is 35.0 Å². The SMILES string of the molecule is CCc1ccc(NC(=O)CC2CSc3ccccc3NC2=O)cc1. The zero-order valence-corrected chi connectivity index (χ0v) is 14.4.